The standard InChI is InChI=1S/C21H28O3.C17H27NO3.ClH/c1-3-20(23)24-19-9-8-18-17-6-4-13-12-14(22)5-7-15(13)16(17)10-11-21(18,19)2;1-2-3-12-20-16-5-7-17(8-6-16)21-13-4-9-18-10-14-19-15-11-18;/h5,7,12,16-19,22H,3-4,6,8-11H2,1-2H3;5-8H,2-4,9-15H2,1H3;1H. The molecule has 2 aromatic carbocycles. The highest BCUT2D eigenvalue weighted by atomic mass is 35.5. The SMILES string of the molecule is CCC(=O)OC1CCC2C3CCc4cc(O)ccc4C3CCC12C.CCCCOc1ccc(OCCCN2CCOCC2)cc1.Cl. The minimum absolute atomic E-state index is 0. The van der Waals surface area contributed by atoms with Crippen LogP contribution in [0.4, 0.5) is 0 Å². The number of carbonyl (C=O) groups is 1. The van der Waals surface area contributed by atoms with Crippen LogP contribution >= 0.6 is 12.4 Å². The van der Waals surface area contributed by atoms with Crippen molar-refractivity contribution >= 4 is 18.4 Å². The van der Waals surface area contributed by atoms with Crippen LogP contribution in [0.25, 0.3) is 0 Å². The largest absolute Gasteiger partial charge is 0.508 e. The number of hydrogen-bond donors (Lipinski definition) is 1. The van der Waals surface area contributed by atoms with Gasteiger partial charge in [0.2, 0.25) is 0 Å². The summed E-state index contributed by atoms with van der Waals surface area (Å²) < 4.78 is 22.6. The molecule has 3 aliphatic carbocycles. The van der Waals surface area contributed by atoms with Crippen molar-refractivity contribution in [3.05, 3.63) is 53.6 Å². The van der Waals surface area contributed by atoms with E-state index in [2.05, 4.69) is 24.8 Å². The van der Waals surface area contributed by atoms with E-state index in [0.29, 0.717) is 29.9 Å². The van der Waals surface area contributed by atoms with Gasteiger partial charge in [-0.25, -0.2) is 0 Å². The zero-order valence-electron chi connectivity index (χ0n) is 28.2. The molecule has 8 heteroatoms. The van der Waals surface area contributed by atoms with Gasteiger partial charge in [0.15, 0.2) is 0 Å². The van der Waals surface area contributed by atoms with Gasteiger partial charge in [0.05, 0.1) is 26.4 Å². The number of esters is 1. The Labute approximate surface area is 282 Å². The van der Waals surface area contributed by atoms with Gasteiger partial charge in [-0.05, 0) is 117 Å². The number of hydrogen-bond acceptors (Lipinski definition) is 7. The molecule has 5 unspecified atom stereocenters. The molecule has 46 heavy (non-hydrogen) atoms. The zero-order chi connectivity index (χ0) is 31.6. The first-order valence-electron chi connectivity index (χ1n) is 17.6. The summed E-state index contributed by atoms with van der Waals surface area (Å²) in [5.74, 6) is 4.16. The molecular formula is C38H56ClNO6. The monoisotopic (exact) mass is 657 g/mol. The molecule has 4 aliphatic rings. The minimum Gasteiger partial charge on any atom is -0.508 e. The number of phenolic OH excluding ortho intramolecular Hbond substituents is 1. The minimum atomic E-state index is -0.0477. The average Bonchev–Trinajstić information content (AvgIpc) is 3.40. The summed E-state index contributed by atoms with van der Waals surface area (Å²) in [7, 11) is 0. The number of benzene rings is 2. The molecule has 5 atom stereocenters. The maximum atomic E-state index is 11.8. The molecule has 2 saturated carbocycles. The number of nitrogens with zero attached hydrogens (tertiary/aromatic N) is 1. The molecule has 0 aromatic heterocycles. The zero-order valence-corrected chi connectivity index (χ0v) is 29.0. The van der Waals surface area contributed by atoms with Crippen molar-refractivity contribution in [3.63, 3.8) is 0 Å². The molecule has 3 fully saturated rings. The molecule has 0 radical (unpaired) electrons. The number of carbonyl (C=O) groups excluding carboxylic acids is 1. The van der Waals surface area contributed by atoms with Crippen LogP contribution in [0.15, 0.2) is 42.5 Å². The van der Waals surface area contributed by atoms with Gasteiger partial charge in [-0.1, -0.05) is 33.3 Å². The Morgan fingerprint density at radius 1 is 0.957 bits per heavy atom. The lowest BCUT2D eigenvalue weighted by molar-refractivity contribution is -0.157. The molecule has 1 heterocycles. The van der Waals surface area contributed by atoms with Crippen molar-refractivity contribution < 1.29 is 28.8 Å². The summed E-state index contributed by atoms with van der Waals surface area (Å²) in [6, 6.07) is 13.9. The molecule has 0 spiro atoms. The number of phenols is 1. The Kier molecular flexibility index (Phi) is 13.9. The molecule has 1 saturated heterocycles. The van der Waals surface area contributed by atoms with Gasteiger partial charge in [-0.3, -0.25) is 9.69 Å². The maximum Gasteiger partial charge on any atom is 0.305 e. The first kappa shape index (κ1) is 36.4. The van der Waals surface area contributed by atoms with Gasteiger partial charge in [0.1, 0.15) is 23.4 Å². The van der Waals surface area contributed by atoms with Crippen molar-refractivity contribution in [3.8, 4) is 17.2 Å². The van der Waals surface area contributed by atoms with Crippen LogP contribution in [0.2, 0.25) is 0 Å². The number of fused-ring (bicyclic) bond motifs is 5. The highest BCUT2D eigenvalue weighted by Crippen LogP contribution is 2.61. The number of morpholine rings is 1. The normalized spacial score (nSPS) is 26.7. The second kappa shape index (κ2) is 17.6. The number of aryl methyl sites for hydroxylation is 1. The molecule has 6 rings (SSSR count). The van der Waals surface area contributed by atoms with Crippen molar-refractivity contribution in [2.75, 3.05) is 46.1 Å². The first-order chi connectivity index (χ1) is 21.9. The molecule has 0 amide bonds. The van der Waals surface area contributed by atoms with Crippen LogP contribution in [0, 0.1) is 17.3 Å². The van der Waals surface area contributed by atoms with Gasteiger partial charge < -0.3 is 24.1 Å². The Bertz CT molecular complexity index is 1220. The number of unbranched alkanes of at least 4 members (excludes halogenated alkanes) is 1. The second-order valence-corrected chi connectivity index (χ2v) is 13.6. The van der Waals surface area contributed by atoms with Gasteiger partial charge in [0.25, 0.3) is 0 Å². The van der Waals surface area contributed by atoms with Crippen LogP contribution in [0.5, 0.6) is 17.2 Å². The summed E-state index contributed by atoms with van der Waals surface area (Å²) in [5, 5.41) is 9.77. The quantitative estimate of drug-likeness (QED) is 0.194. The summed E-state index contributed by atoms with van der Waals surface area (Å²) >= 11 is 0. The van der Waals surface area contributed by atoms with E-state index in [9.17, 15) is 9.90 Å². The summed E-state index contributed by atoms with van der Waals surface area (Å²) in [6.45, 7) is 12.8. The van der Waals surface area contributed by atoms with E-state index in [1.54, 1.807) is 0 Å². The predicted octanol–water partition coefficient (Wildman–Crippen LogP) is 7.96. The lowest BCUT2D eigenvalue weighted by Crippen LogP contribution is -2.45. The number of rotatable bonds is 11. The topological polar surface area (TPSA) is 77.5 Å². The van der Waals surface area contributed by atoms with Crippen molar-refractivity contribution in [1.29, 1.82) is 0 Å². The Morgan fingerprint density at radius 3 is 2.33 bits per heavy atom. The molecule has 2 aromatic rings. The highest BCUT2D eigenvalue weighted by molar-refractivity contribution is 5.85. The third-order valence-corrected chi connectivity index (χ3v) is 10.8. The van der Waals surface area contributed by atoms with Crippen LogP contribution in [0.3, 0.4) is 0 Å². The predicted molar refractivity (Wildman–Crippen MR) is 184 cm³/mol. The third-order valence-electron chi connectivity index (χ3n) is 10.8. The molecular weight excluding hydrogens is 602 g/mol. The lowest BCUT2D eigenvalue weighted by atomic mass is 9.55. The van der Waals surface area contributed by atoms with E-state index in [4.69, 9.17) is 18.9 Å². The maximum absolute atomic E-state index is 11.8. The van der Waals surface area contributed by atoms with E-state index in [1.807, 2.05) is 43.3 Å². The van der Waals surface area contributed by atoms with Crippen molar-refractivity contribution in [2.24, 2.45) is 17.3 Å². The summed E-state index contributed by atoms with van der Waals surface area (Å²) in [4.78, 5) is 14.2. The van der Waals surface area contributed by atoms with Crippen molar-refractivity contribution in [2.45, 2.75) is 97.0 Å². The third kappa shape index (κ3) is 9.11. The fourth-order valence-corrected chi connectivity index (χ4v) is 8.23. The van der Waals surface area contributed by atoms with E-state index in [0.717, 1.165) is 96.1 Å². The van der Waals surface area contributed by atoms with E-state index in [-0.39, 0.29) is 29.9 Å². The fraction of sp³-hybridized carbons (Fsp3) is 0.658. The molecule has 1 aliphatic heterocycles. The highest BCUT2D eigenvalue weighted by Gasteiger charge is 2.56. The average molecular weight is 658 g/mol. The van der Waals surface area contributed by atoms with E-state index >= 15 is 0 Å². The number of aromatic hydroxyl groups is 1. The van der Waals surface area contributed by atoms with Gasteiger partial charge >= 0.3 is 5.97 Å². The van der Waals surface area contributed by atoms with Crippen LogP contribution in [-0.2, 0) is 20.7 Å². The molecule has 7 nitrogen and oxygen atoms in total. The van der Waals surface area contributed by atoms with Crippen molar-refractivity contribution in [1.82, 2.24) is 4.90 Å². The number of halogens is 1. The van der Waals surface area contributed by atoms with Crippen LogP contribution in [-0.4, -0.2) is 68.1 Å². The van der Waals surface area contributed by atoms with Gasteiger partial charge in [0, 0.05) is 31.5 Å². The molecule has 256 valence electrons. The fourth-order valence-electron chi connectivity index (χ4n) is 8.23. The van der Waals surface area contributed by atoms with Gasteiger partial charge in [-0.2, -0.15) is 0 Å². The number of ether oxygens (including phenoxy) is 4. The van der Waals surface area contributed by atoms with Crippen LogP contribution < -0.4 is 9.47 Å². The second-order valence-electron chi connectivity index (χ2n) is 13.6. The molecule has 0 bridgehead atoms. The van der Waals surface area contributed by atoms with E-state index in [1.165, 1.54) is 30.4 Å². The Balaban J connectivity index is 0.000000207. The Morgan fingerprint density at radius 2 is 1.65 bits per heavy atom. The van der Waals surface area contributed by atoms with Gasteiger partial charge in [-0.15, -0.1) is 12.4 Å². The smallest absolute Gasteiger partial charge is 0.305 e. The van der Waals surface area contributed by atoms with E-state index < -0.39 is 0 Å². The molecule has 1 N–H and O–H groups in total. The first-order valence-corrected chi connectivity index (χ1v) is 17.6. The summed E-state index contributed by atoms with van der Waals surface area (Å²) in [6.07, 6.45) is 10.7. The Hall–Kier alpha value is -2.48. The van der Waals surface area contributed by atoms with Crippen LogP contribution in [0.1, 0.15) is 95.6 Å². The summed E-state index contributed by atoms with van der Waals surface area (Å²) in [5.41, 5.74) is 2.95. The lowest BCUT2D eigenvalue weighted by Gasteiger charge is -2.50.